The molecule has 3 rings (SSSR count). The Bertz CT molecular complexity index is 868. The zero-order chi connectivity index (χ0) is 21.5. The highest BCUT2D eigenvalue weighted by Gasteiger charge is 2.32. The molecule has 2 amide bonds. The van der Waals surface area contributed by atoms with E-state index in [-0.39, 0.29) is 23.8 Å². The summed E-state index contributed by atoms with van der Waals surface area (Å²) in [7, 11) is 0. The molecule has 0 aliphatic carbocycles. The van der Waals surface area contributed by atoms with Crippen molar-refractivity contribution in [2.24, 2.45) is 5.92 Å². The maximum atomic E-state index is 13.3. The summed E-state index contributed by atoms with van der Waals surface area (Å²) < 4.78 is 0. The summed E-state index contributed by atoms with van der Waals surface area (Å²) in [5.74, 6) is -0.0445. The number of thiophene rings is 1. The van der Waals surface area contributed by atoms with Crippen molar-refractivity contribution in [2.45, 2.75) is 32.4 Å². The average Bonchev–Trinajstić information content (AvgIpc) is 3.29. The highest BCUT2D eigenvalue weighted by atomic mass is 32.1. The zero-order valence-electron chi connectivity index (χ0n) is 17.5. The number of hydrogen-bond acceptors (Lipinski definition) is 5. The van der Waals surface area contributed by atoms with Crippen molar-refractivity contribution < 1.29 is 9.59 Å². The Morgan fingerprint density at radius 3 is 2.37 bits per heavy atom. The van der Waals surface area contributed by atoms with Crippen LogP contribution in [0.15, 0.2) is 47.8 Å². The molecular weight excluding hydrogens is 396 g/mol. The molecule has 1 aliphatic heterocycles. The van der Waals surface area contributed by atoms with Crippen molar-refractivity contribution in [3.05, 3.63) is 58.3 Å². The van der Waals surface area contributed by atoms with E-state index in [1.54, 1.807) is 6.07 Å². The Kier molecular flexibility index (Phi) is 7.61. The molecule has 1 saturated heterocycles. The molecule has 0 bridgehead atoms. The fourth-order valence-electron chi connectivity index (χ4n) is 3.78. The number of hydrogen-bond donors (Lipinski definition) is 1. The lowest BCUT2D eigenvalue weighted by Crippen LogP contribution is -2.57. The van der Waals surface area contributed by atoms with Crippen LogP contribution in [-0.4, -0.2) is 59.9 Å². The minimum absolute atomic E-state index is 0.0681. The number of nitrogens with one attached hydrogen (secondary N) is 1. The van der Waals surface area contributed by atoms with Crippen LogP contribution in [0.25, 0.3) is 0 Å². The zero-order valence-corrected chi connectivity index (χ0v) is 18.3. The van der Waals surface area contributed by atoms with Gasteiger partial charge in [0.05, 0.1) is 10.9 Å². The van der Waals surface area contributed by atoms with Crippen LogP contribution in [0.5, 0.6) is 0 Å². The summed E-state index contributed by atoms with van der Waals surface area (Å²) in [5.41, 5.74) is 1.00. The van der Waals surface area contributed by atoms with E-state index in [1.165, 1.54) is 11.3 Å². The van der Waals surface area contributed by atoms with Gasteiger partial charge in [0, 0.05) is 32.6 Å². The highest BCUT2D eigenvalue weighted by molar-refractivity contribution is 7.12. The first-order valence-electron chi connectivity index (χ1n) is 10.3. The van der Waals surface area contributed by atoms with Gasteiger partial charge in [-0.05, 0) is 22.9 Å². The Balaban J connectivity index is 1.69. The first-order valence-corrected chi connectivity index (χ1v) is 11.2. The van der Waals surface area contributed by atoms with E-state index < -0.39 is 6.04 Å². The van der Waals surface area contributed by atoms with Crippen LogP contribution in [-0.2, 0) is 11.2 Å². The number of benzene rings is 1. The number of rotatable bonds is 7. The third-order valence-corrected chi connectivity index (χ3v) is 6.28. The molecule has 0 saturated carbocycles. The largest absolute Gasteiger partial charge is 0.339 e. The molecule has 2 aromatic rings. The van der Waals surface area contributed by atoms with E-state index in [0.29, 0.717) is 37.5 Å². The minimum Gasteiger partial charge on any atom is -0.339 e. The van der Waals surface area contributed by atoms with Crippen molar-refractivity contribution in [2.75, 3.05) is 26.2 Å². The SMILES string of the molecule is CC(C)C(C#N)N1CCN(C(=O)C(Cc2ccccc2)NC(=O)c2cccs2)CC1. The summed E-state index contributed by atoms with van der Waals surface area (Å²) >= 11 is 1.36. The molecule has 7 heteroatoms. The van der Waals surface area contributed by atoms with Gasteiger partial charge in [-0.3, -0.25) is 14.5 Å². The quantitative estimate of drug-likeness (QED) is 0.742. The van der Waals surface area contributed by atoms with Gasteiger partial charge >= 0.3 is 0 Å². The number of carbonyl (C=O) groups excluding carboxylic acids is 2. The lowest BCUT2D eigenvalue weighted by atomic mass is 10.0. The van der Waals surface area contributed by atoms with Crippen LogP contribution in [0.2, 0.25) is 0 Å². The highest BCUT2D eigenvalue weighted by Crippen LogP contribution is 2.16. The number of nitrogens with zero attached hydrogens (tertiary/aromatic N) is 3. The van der Waals surface area contributed by atoms with Crippen LogP contribution < -0.4 is 5.32 Å². The van der Waals surface area contributed by atoms with Crippen molar-refractivity contribution in [3.63, 3.8) is 0 Å². The summed E-state index contributed by atoms with van der Waals surface area (Å²) in [6.07, 6.45) is 0.448. The van der Waals surface area contributed by atoms with Crippen LogP contribution >= 0.6 is 11.3 Å². The number of piperazine rings is 1. The molecule has 6 nitrogen and oxygen atoms in total. The van der Waals surface area contributed by atoms with Gasteiger partial charge in [-0.25, -0.2) is 0 Å². The van der Waals surface area contributed by atoms with Gasteiger partial charge in [-0.1, -0.05) is 50.2 Å². The maximum absolute atomic E-state index is 13.3. The molecule has 2 unspecified atom stereocenters. The van der Waals surface area contributed by atoms with E-state index in [2.05, 4.69) is 16.3 Å². The number of nitriles is 1. The monoisotopic (exact) mass is 424 g/mol. The molecule has 0 spiro atoms. The second-order valence-electron chi connectivity index (χ2n) is 7.87. The van der Waals surface area contributed by atoms with Crippen molar-refractivity contribution in [1.29, 1.82) is 5.26 Å². The van der Waals surface area contributed by atoms with Crippen LogP contribution in [0.3, 0.4) is 0 Å². The number of amides is 2. The Hall–Kier alpha value is -2.69. The second-order valence-corrected chi connectivity index (χ2v) is 8.82. The van der Waals surface area contributed by atoms with Crippen molar-refractivity contribution in [3.8, 4) is 6.07 Å². The summed E-state index contributed by atoms with van der Waals surface area (Å²) in [5, 5.41) is 14.2. The van der Waals surface area contributed by atoms with Crippen LogP contribution in [0, 0.1) is 17.2 Å². The summed E-state index contributed by atoms with van der Waals surface area (Å²) in [4.78, 5) is 30.5. The molecular formula is C23H28N4O2S. The van der Waals surface area contributed by atoms with E-state index in [4.69, 9.17) is 0 Å². The predicted molar refractivity (Wildman–Crippen MR) is 118 cm³/mol. The lowest BCUT2D eigenvalue weighted by Gasteiger charge is -2.39. The molecule has 2 atom stereocenters. The standard InChI is InChI=1S/C23H28N4O2S/c1-17(2)20(16-24)26-10-12-27(13-11-26)23(29)19(15-18-7-4-3-5-8-18)25-22(28)21-9-6-14-30-21/h3-9,14,17,19-20H,10-13,15H2,1-2H3,(H,25,28). The van der Waals surface area contributed by atoms with Gasteiger partial charge in [-0.2, -0.15) is 5.26 Å². The molecule has 30 heavy (non-hydrogen) atoms. The fourth-order valence-corrected chi connectivity index (χ4v) is 4.41. The van der Waals surface area contributed by atoms with E-state index in [9.17, 15) is 14.9 Å². The van der Waals surface area contributed by atoms with Gasteiger partial charge in [-0.15, -0.1) is 11.3 Å². The normalized spacial score (nSPS) is 16.7. The molecule has 1 aromatic carbocycles. The van der Waals surface area contributed by atoms with Crippen LogP contribution in [0.4, 0.5) is 0 Å². The average molecular weight is 425 g/mol. The van der Waals surface area contributed by atoms with E-state index in [1.807, 2.05) is 60.5 Å². The Morgan fingerprint density at radius 1 is 1.10 bits per heavy atom. The van der Waals surface area contributed by atoms with Gasteiger partial charge in [0.2, 0.25) is 5.91 Å². The second kappa shape index (κ2) is 10.4. The smallest absolute Gasteiger partial charge is 0.262 e. The van der Waals surface area contributed by atoms with E-state index >= 15 is 0 Å². The molecule has 1 fully saturated rings. The third kappa shape index (κ3) is 5.47. The molecule has 0 radical (unpaired) electrons. The fraction of sp³-hybridized carbons (Fsp3) is 0.435. The van der Waals surface area contributed by atoms with Crippen molar-refractivity contribution in [1.82, 2.24) is 15.1 Å². The van der Waals surface area contributed by atoms with Crippen molar-refractivity contribution >= 4 is 23.2 Å². The maximum Gasteiger partial charge on any atom is 0.262 e. The third-order valence-electron chi connectivity index (χ3n) is 5.41. The molecule has 1 aromatic heterocycles. The number of carbonyl (C=O) groups is 2. The summed E-state index contributed by atoms with van der Waals surface area (Å²) in [6.45, 7) is 6.54. The first-order chi connectivity index (χ1) is 14.5. The van der Waals surface area contributed by atoms with Crippen LogP contribution in [0.1, 0.15) is 29.1 Å². The van der Waals surface area contributed by atoms with Gasteiger partial charge in [0.1, 0.15) is 12.1 Å². The molecule has 1 N–H and O–H groups in total. The van der Waals surface area contributed by atoms with Gasteiger partial charge < -0.3 is 10.2 Å². The summed E-state index contributed by atoms with van der Waals surface area (Å²) in [6, 6.07) is 14.9. The Labute approximate surface area is 182 Å². The predicted octanol–water partition coefficient (Wildman–Crippen LogP) is 2.78. The molecule has 1 aliphatic rings. The lowest BCUT2D eigenvalue weighted by molar-refractivity contribution is -0.135. The molecule has 2 heterocycles. The van der Waals surface area contributed by atoms with Gasteiger partial charge in [0.25, 0.3) is 5.91 Å². The van der Waals surface area contributed by atoms with Gasteiger partial charge in [0.15, 0.2) is 0 Å². The molecule has 158 valence electrons. The first kappa shape index (κ1) is 22.0. The Morgan fingerprint density at radius 2 is 1.80 bits per heavy atom. The van der Waals surface area contributed by atoms with E-state index in [0.717, 1.165) is 5.56 Å². The minimum atomic E-state index is -0.620. The topological polar surface area (TPSA) is 76.4 Å².